The van der Waals surface area contributed by atoms with Gasteiger partial charge in [-0.2, -0.15) is 0 Å². The van der Waals surface area contributed by atoms with Gasteiger partial charge in [0, 0.05) is 18.7 Å². The van der Waals surface area contributed by atoms with Crippen LogP contribution < -0.4 is 10.8 Å². The SMILES string of the molecule is C=C(CCCCCCC(=O)NCCc1cccc2ccccc12)NO. The Morgan fingerprint density at radius 1 is 0.960 bits per heavy atom. The molecule has 2 aromatic rings. The van der Waals surface area contributed by atoms with Crippen molar-refractivity contribution in [3.8, 4) is 0 Å². The second-order valence-electron chi connectivity index (χ2n) is 6.37. The molecule has 0 radical (unpaired) electrons. The van der Waals surface area contributed by atoms with Gasteiger partial charge in [-0.15, -0.1) is 0 Å². The van der Waals surface area contributed by atoms with E-state index in [9.17, 15) is 4.79 Å². The molecule has 4 nitrogen and oxygen atoms in total. The molecule has 2 rings (SSSR count). The van der Waals surface area contributed by atoms with Crippen LogP contribution in [0.2, 0.25) is 0 Å². The van der Waals surface area contributed by atoms with Gasteiger partial charge < -0.3 is 5.32 Å². The fraction of sp³-hybridized carbons (Fsp3) is 0.381. The largest absolute Gasteiger partial charge is 0.356 e. The molecule has 0 heterocycles. The molecule has 0 saturated carbocycles. The van der Waals surface area contributed by atoms with Crippen molar-refractivity contribution in [2.45, 2.75) is 44.9 Å². The minimum Gasteiger partial charge on any atom is -0.356 e. The first kappa shape index (κ1) is 19.0. The lowest BCUT2D eigenvalue weighted by Crippen LogP contribution is -2.25. The number of fused-ring (bicyclic) bond motifs is 1. The minimum absolute atomic E-state index is 0.127. The number of hydroxylamine groups is 1. The van der Waals surface area contributed by atoms with Crippen molar-refractivity contribution in [1.29, 1.82) is 0 Å². The number of benzene rings is 2. The van der Waals surface area contributed by atoms with E-state index >= 15 is 0 Å². The Morgan fingerprint density at radius 3 is 2.48 bits per heavy atom. The molecule has 2 aromatic carbocycles. The summed E-state index contributed by atoms with van der Waals surface area (Å²) >= 11 is 0. The molecule has 0 unspecified atom stereocenters. The quantitative estimate of drug-likeness (QED) is 0.421. The molecule has 4 heteroatoms. The number of rotatable bonds is 11. The van der Waals surface area contributed by atoms with Crippen molar-refractivity contribution in [2.75, 3.05) is 6.54 Å². The molecule has 0 fully saturated rings. The second kappa shape index (κ2) is 10.5. The highest BCUT2D eigenvalue weighted by Gasteiger charge is 2.03. The van der Waals surface area contributed by atoms with Crippen molar-refractivity contribution < 1.29 is 10.0 Å². The van der Waals surface area contributed by atoms with Crippen LogP contribution in [-0.2, 0) is 11.2 Å². The molecule has 0 atom stereocenters. The maximum Gasteiger partial charge on any atom is 0.220 e. The van der Waals surface area contributed by atoms with E-state index in [1.807, 2.05) is 6.07 Å². The smallest absolute Gasteiger partial charge is 0.220 e. The maximum absolute atomic E-state index is 11.9. The van der Waals surface area contributed by atoms with Crippen molar-refractivity contribution in [3.05, 3.63) is 60.3 Å². The molecule has 0 aliphatic carbocycles. The molecule has 0 aliphatic rings. The maximum atomic E-state index is 11.9. The number of hydrogen-bond acceptors (Lipinski definition) is 3. The van der Waals surface area contributed by atoms with Gasteiger partial charge in [-0.3, -0.25) is 15.5 Å². The Bertz CT molecular complexity index is 692. The van der Waals surface area contributed by atoms with Gasteiger partial charge in [-0.25, -0.2) is 0 Å². The Hall–Kier alpha value is -2.33. The first-order valence-electron chi connectivity index (χ1n) is 9.02. The van der Waals surface area contributed by atoms with Crippen molar-refractivity contribution in [2.24, 2.45) is 0 Å². The summed E-state index contributed by atoms with van der Waals surface area (Å²) < 4.78 is 0. The number of amides is 1. The van der Waals surface area contributed by atoms with Gasteiger partial charge >= 0.3 is 0 Å². The van der Waals surface area contributed by atoms with Crippen LogP contribution in [0.4, 0.5) is 0 Å². The molecule has 0 aliphatic heterocycles. The molecule has 0 saturated heterocycles. The van der Waals surface area contributed by atoms with Gasteiger partial charge in [0.15, 0.2) is 0 Å². The standard InChI is InChI=1S/C21H28N2O2/c1-17(23-25)9-4-2-3-5-14-21(24)22-16-15-19-12-8-11-18-10-6-7-13-20(18)19/h6-8,10-13,23,25H,1-5,9,14-16H2,(H,22,24). The minimum atomic E-state index is 0.127. The van der Waals surface area contributed by atoms with Gasteiger partial charge in [-0.1, -0.05) is 61.9 Å². The Morgan fingerprint density at radius 2 is 1.68 bits per heavy atom. The van der Waals surface area contributed by atoms with E-state index in [-0.39, 0.29) is 5.91 Å². The van der Waals surface area contributed by atoms with E-state index in [1.165, 1.54) is 16.3 Å². The summed E-state index contributed by atoms with van der Waals surface area (Å²) in [5.41, 5.74) is 3.98. The molecule has 0 bridgehead atoms. The number of allylic oxidation sites excluding steroid dienone is 1. The van der Waals surface area contributed by atoms with Gasteiger partial charge in [0.1, 0.15) is 0 Å². The number of unbranched alkanes of at least 4 members (excludes halogenated alkanes) is 3. The summed E-state index contributed by atoms with van der Waals surface area (Å²) in [7, 11) is 0. The molecule has 134 valence electrons. The zero-order chi connectivity index (χ0) is 17.9. The first-order chi connectivity index (χ1) is 12.2. The van der Waals surface area contributed by atoms with Crippen LogP contribution in [-0.4, -0.2) is 17.7 Å². The lowest BCUT2D eigenvalue weighted by molar-refractivity contribution is -0.121. The summed E-state index contributed by atoms with van der Waals surface area (Å²) in [6, 6.07) is 14.7. The van der Waals surface area contributed by atoms with Gasteiger partial charge in [0.05, 0.1) is 0 Å². The van der Waals surface area contributed by atoms with Crippen LogP contribution in [0.25, 0.3) is 10.8 Å². The van der Waals surface area contributed by atoms with E-state index in [1.54, 1.807) is 0 Å². The molecule has 1 amide bonds. The molecule has 3 N–H and O–H groups in total. The summed E-state index contributed by atoms with van der Waals surface area (Å²) in [5.74, 6) is 0.127. The fourth-order valence-corrected chi connectivity index (χ4v) is 2.97. The number of hydrogen-bond donors (Lipinski definition) is 3. The van der Waals surface area contributed by atoms with Crippen LogP contribution >= 0.6 is 0 Å². The fourth-order valence-electron chi connectivity index (χ4n) is 2.97. The van der Waals surface area contributed by atoms with Gasteiger partial charge in [0.2, 0.25) is 5.91 Å². The highest BCUT2D eigenvalue weighted by atomic mass is 16.5. The van der Waals surface area contributed by atoms with Gasteiger partial charge in [-0.05, 0) is 42.0 Å². The lowest BCUT2D eigenvalue weighted by Gasteiger charge is -2.08. The zero-order valence-corrected chi connectivity index (χ0v) is 14.8. The third-order valence-corrected chi connectivity index (χ3v) is 4.39. The summed E-state index contributed by atoms with van der Waals surface area (Å²) in [6.07, 6.45) is 6.15. The predicted octanol–water partition coefficient (Wildman–Crippen LogP) is 4.33. The molecule has 0 aromatic heterocycles. The highest BCUT2D eigenvalue weighted by Crippen LogP contribution is 2.18. The van der Waals surface area contributed by atoms with Crippen molar-refractivity contribution >= 4 is 16.7 Å². The van der Waals surface area contributed by atoms with Crippen molar-refractivity contribution in [1.82, 2.24) is 10.8 Å². The Labute approximate surface area is 149 Å². The topological polar surface area (TPSA) is 61.4 Å². The number of nitrogens with one attached hydrogen (secondary N) is 2. The summed E-state index contributed by atoms with van der Waals surface area (Å²) in [6.45, 7) is 4.35. The zero-order valence-electron chi connectivity index (χ0n) is 14.8. The van der Waals surface area contributed by atoms with E-state index in [2.05, 4.69) is 53.8 Å². The second-order valence-corrected chi connectivity index (χ2v) is 6.37. The number of carbonyl (C=O) groups is 1. The van der Waals surface area contributed by atoms with Crippen LogP contribution in [0.1, 0.15) is 44.1 Å². The average Bonchev–Trinajstić information content (AvgIpc) is 2.64. The highest BCUT2D eigenvalue weighted by molar-refractivity contribution is 5.85. The third-order valence-electron chi connectivity index (χ3n) is 4.39. The Kier molecular flexibility index (Phi) is 7.99. The van der Waals surface area contributed by atoms with E-state index in [0.717, 1.165) is 38.5 Å². The van der Waals surface area contributed by atoms with Gasteiger partial charge in [0.25, 0.3) is 0 Å². The van der Waals surface area contributed by atoms with Crippen molar-refractivity contribution in [3.63, 3.8) is 0 Å². The molecular weight excluding hydrogens is 312 g/mol. The van der Waals surface area contributed by atoms with Crippen LogP contribution in [0, 0.1) is 0 Å². The normalized spacial score (nSPS) is 10.6. The van der Waals surface area contributed by atoms with Crippen LogP contribution in [0.15, 0.2) is 54.7 Å². The molecular formula is C21H28N2O2. The average molecular weight is 340 g/mol. The number of carbonyl (C=O) groups excluding carboxylic acids is 1. The summed E-state index contributed by atoms with van der Waals surface area (Å²) in [4.78, 5) is 11.9. The third kappa shape index (κ3) is 6.59. The monoisotopic (exact) mass is 340 g/mol. The lowest BCUT2D eigenvalue weighted by atomic mass is 10.0. The molecule has 0 spiro atoms. The van der Waals surface area contributed by atoms with E-state index in [0.29, 0.717) is 18.7 Å². The van der Waals surface area contributed by atoms with E-state index < -0.39 is 0 Å². The Balaban J connectivity index is 1.61. The van der Waals surface area contributed by atoms with Crippen LogP contribution in [0.3, 0.4) is 0 Å². The summed E-state index contributed by atoms with van der Waals surface area (Å²) in [5, 5.41) is 14.2. The van der Waals surface area contributed by atoms with Crippen LogP contribution in [0.5, 0.6) is 0 Å². The predicted molar refractivity (Wildman–Crippen MR) is 102 cm³/mol. The van der Waals surface area contributed by atoms with E-state index in [4.69, 9.17) is 5.21 Å². The molecule has 25 heavy (non-hydrogen) atoms. The first-order valence-corrected chi connectivity index (χ1v) is 9.02.